The van der Waals surface area contributed by atoms with Crippen LogP contribution in [-0.4, -0.2) is 10.8 Å². The second-order valence-corrected chi connectivity index (χ2v) is 4.94. The summed E-state index contributed by atoms with van der Waals surface area (Å²) >= 11 is 0. The fraction of sp³-hybridized carbons (Fsp3) is 0.538. The number of aromatic nitrogens is 1. The normalized spacial score (nSPS) is 11.5. The Labute approximate surface area is 91.7 Å². The molecule has 0 fully saturated rings. The molecule has 2 heteroatoms. The van der Waals surface area contributed by atoms with Crippen molar-refractivity contribution in [1.82, 2.24) is 4.98 Å². The zero-order chi connectivity index (χ0) is 11.5. The molecule has 1 heterocycles. The van der Waals surface area contributed by atoms with E-state index in [0.717, 1.165) is 12.1 Å². The van der Waals surface area contributed by atoms with Crippen LogP contribution >= 0.6 is 0 Å². The second-order valence-electron chi connectivity index (χ2n) is 4.94. The van der Waals surface area contributed by atoms with Crippen molar-refractivity contribution in [1.29, 1.82) is 0 Å². The minimum Gasteiger partial charge on any atom is -0.299 e. The molecule has 0 unspecified atom stereocenters. The smallest absolute Gasteiger partial charge is 0.138 e. The number of ketones is 1. The van der Waals surface area contributed by atoms with Crippen molar-refractivity contribution < 1.29 is 4.79 Å². The van der Waals surface area contributed by atoms with Gasteiger partial charge >= 0.3 is 0 Å². The predicted molar refractivity (Wildman–Crippen MR) is 61.8 cm³/mol. The SMILES string of the molecule is Cc1cccnc1CCC(=O)C(C)(C)C. The first-order chi connectivity index (χ1) is 6.91. The van der Waals surface area contributed by atoms with E-state index in [1.165, 1.54) is 5.56 Å². The third-order valence-electron chi connectivity index (χ3n) is 2.54. The molecule has 0 N–H and O–H groups in total. The van der Waals surface area contributed by atoms with E-state index in [9.17, 15) is 4.79 Å². The van der Waals surface area contributed by atoms with Gasteiger partial charge in [0.15, 0.2) is 0 Å². The highest BCUT2D eigenvalue weighted by molar-refractivity contribution is 5.83. The molecule has 0 aliphatic rings. The van der Waals surface area contributed by atoms with E-state index in [2.05, 4.69) is 4.98 Å². The molecule has 0 aliphatic carbocycles. The van der Waals surface area contributed by atoms with Crippen LogP contribution in [0.25, 0.3) is 0 Å². The van der Waals surface area contributed by atoms with E-state index in [1.54, 1.807) is 6.20 Å². The topological polar surface area (TPSA) is 30.0 Å². The molecule has 0 saturated heterocycles. The Hall–Kier alpha value is -1.18. The van der Waals surface area contributed by atoms with Crippen molar-refractivity contribution in [3.8, 4) is 0 Å². The number of nitrogens with zero attached hydrogens (tertiary/aromatic N) is 1. The lowest BCUT2D eigenvalue weighted by Gasteiger charge is -2.16. The zero-order valence-corrected chi connectivity index (χ0v) is 10.0. The van der Waals surface area contributed by atoms with E-state index in [4.69, 9.17) is 0 Å². The van der Waals surface area contributed by atoms with Gasteiger partial charge in [-0.15, -0.1) is 0 Å². The van der Waals surface area contributed by atoms with Crippen molar-refractivity contribution in [3.05, 3.63) is 29.6 Å². The number of carbonyl (C=O) groups excluding carboxylic acids is 1. The van der Waals surface area contributed by atoms with Gasteiger partial charge in [-0.3, -0.25) is 9.78 Å². The van der Waals surface area contributed by atoms with Gasteiger partial charge in [-0.1, -0.05) is 26.8 Å². The molecule has 0 spiro atoms. The summed E-state index contributed by atoms with van der Waals surface area (Å²) in [6.07, 6.45) is 3.12. The highest BCUT2D eigenvalue weighted by atomic mass is 16.1. The Balaban J connectivity index is 2.59. The van der Waals surface area contributed by atoms with Gasteiger partial charge in [0, 0.05) is 23.7 Å². The monoisotopic (exact) mass is 205 g/mol. The van der Waals surface area contributed by atoms with E-state index >= 15 is 0 Å². The summed E-state index contributed by atoms with van der Waals surface area (Å²) in [4.78, 5) is 16.0. The van der Waals surface area contributed by atoms with Crippen LogP contribution in [-0.2, 0) is 11.2 Å². The van der Waals surface area contributed by atoms with Crippen molar-refractivity contribution in [2.24, 2.45) is 5.41 Å². The maximum atomic E-state index is 11.7. The standard InChI is InChI=1S/C13H19NO/c1-10-6-5-9-14-11(10)7-8-12(15)13(2,3)4/h5-6,9H,7-8H2,1-4H3. The largest absolute Gasteiger partial charge is 0.299 e. The third kappa shape index (κ3) is 3.46. The van der Waals surface area contributed by atoms with Gasteiger partial charge in [-0.2, -0.15) is 0 Å². The fourth-order valence-corrected chi connectivity index (χ4v) is 1.39. The molecule has 0 atom stereocenters. The molecule has 1 rings (SSSR count). The van der Waals surface area contributed by atoms with Gasteiger partial charge in [0.05, 0.1) is 0 Å². The molecule has 0 bridgehead atoms. The Morgan fingerprint density at radius 2 is 2.07 bits per heavy atom. The van der Waals surface area contributed by atoms with E-state index in [0.29, 0.717) is 12.2 Å². The number of rotatable bonds is 3. The summed E-state index contributed by atoms with van der Waals surface area (Å²) in [7, 11) is 0. The molecule has 15 heavy (non-hydrogen) atoms. The predicted octanol–water partition coefficient (Wildman–Crippen LogP) is 2.94. The number of aryl methyl sites for hydroxylation is 2. The van der Waals surface area contributed by atoms with Gasteiger partial charge in [0.25, 0.3) is 0 Å². The lowest BCUT2D eigenvalue weighted by Crippen LogP contribution is -2.20. The van der Waals surface area contributed by atoms with Gasteiger partial charge in [0.2, 0.25) is 0 Å². The number of Topliss-reactive ketones (excluding diaryl/α,β-unsaturated/α-hetero) is 1. The fourth-order valence-electron chi connectivity index (χ4n) is 1.39. The number of carbonyl (C=O) groups is 1. The second kappa shape index (κ2) is 4.56. The van der Waals surface area contributed by atoms with Crippen LogP contribution in [0.15, 0.2) is 18.3 Å². The quantitative estimate of drug-likeness (QED) is 0.759. The lowest BCUT2D eigenvalue weighted by molar-refractivity contribution is -0.126. The van der Waals surface area contributed by atoms with E-state index in [1.807, 2.05) is 39.8 Å². The zero-order valence-electron chi connectivity index (χ0n) is 10.0. The average Bonchev–Trinajstić information content (AvgIpc) is 2.14. The molecule has 82 valence electrons. The molecule has 1 aromatic rings. The molecule has 0 saturated carbocycles. The van der Waals surface area contributed by atoms with Crippen LogP contribution in [0.2, 0.25) is 0 Å². The van der Waals surface area contributed by atoms with Crippen LogP contribution in [0.4, 0.5) is 0 Å². The van der Waals surface area contributed by atoms with Crippen molar-refractivity contribution >= 4 is 5.78 Å². The van der Waals surface area contributed by atoms with Gasteiger partial charge in [-0.05, 0) is 25.0 Å². The first-order valence-electron chi connectivity index (χ1n) is 5.35. The summed E-state index contributed by atoms with van der Waals surface area (Å²) in [6.45, 7) is 7.91. The van der Waals surface area contributed by atoms with Gasteiger partial charge in [-0.25, -0.2) is 0 Å². The van der Waals surface area contributed by atoms with Crippen molar-refractivity contribution in [2.75, 3.05) is 0 Å². The molecular weight excluding hydrogens is 186 g/mol. The maximum absolute atomic E-state index is 11.7. The number of pyridine rings is 1. The minimum absolute atomic E-state index is 0.233. The Kier molecular flexibility index (Phi) is 3.61. The molecule has 0 aliphatic heterocycles. The van der Waals surface area contributed by atoms with E-state index < -0.39 is 0 Å². The van der Waals surface area contributed by atoms with Gasteiger partial charge < -0.3 is 0 Å². The lowest BCUT2D eigenvalue weighted by atomic mass is 9.87. The highest BCUT2D eigenvalue weighted by Gasteiger charge is 2.20. The number of hydrogen-bond donors (Lipinski definition) is 0. The summed E-state index contributed by atoms with van der Waals surface area (Å²) in [5.74, 6) is 0.299. The highest BCUT2D eigenvalue weighted by Crippen LogP contribution is 2.18. The summed E-state index contributed by atoms with van der Waals surface area (Å²) in [5.41, 5.74) is 1.97. The summed E-state index contributed by atoms with van der Waals surface area (Å²) < 4.78 is 0. The molecule has 1 aromatic heterocycles. The average molecular weight is 205 g/mol. The summed E-state index contributed by atoms with van der Waals surface area (Å²) in [6, 6.07) is 3.95. The first kappa shape index (κ1) is 11.9. The number of hydrogen-bond acceptors (Lipinski definition) is 2. The van der Waals surface area contributed by atoms with E-state index in [-0.39, 0.29) is 5.41 Å². The van der Waals surface area contributed by atoms with Crippen LogP contribution in [0, 0.1) is 12.3 Å². The molecule has 0 radical (unpaired) electrons. The Morgan fingerprint density at radius 3 is 2.60 bits per heavy atom. The van der Waals surface area contributed by atoms with Crippen LogP contribution < -0.4 is 0 Å². The van der Waals surface area contributed by atoms with Crippen LogP contribution in [0.3, 0.4) is 0 Å². The first-order valence-corrected chi connectivity index (χ1v) is 5.35. The van der Waals surface area contributed by atoms with Crippen molar-refractivity contribution in [3.63, 3.8) is 0 Å². The maximum Gasteiger partial charge on any atom is 0.138 e. The van der Waals surface area contributed by atoms with Crippen LogP contribution in [0.1, 0.15) is 38.4 Å². The van der Waals surface area contributed by atoms with Crippen molar-refractivity contribution in [2.45, 2.75) is 40.5 Å². The Morgan fingerprint density at radius 1 is 1.40 bits per heavy atom. The minimum atomic E-state index is -0.233. The summed E-state index contributed by atoms with van der Waals surface area (Å²) in [5, 5.41) is 0. The molecular formula is C13H19NO. The third-order valence-corrected chi connectivity index (χ3v) is 2.54. The van der Waals surface area contributed by atoms with Crippen LogP contribution in [0.5, 0.6) is 0 Å². The molecule has 0 aromatic carbocycles. The van der Waals surface area contributed by atoms with Gasteiger partial charge in [0.1, 0.15) is 5.78 Å². The molecule has 0 amide bonds. The molecule has 2 nitrogen and oxygen atoms in total. The Bertz CT molecular complexity index is 350.